The van der Waals surface area contributed by atoms with Gasteiger partial charge in [-0.3, -0.25) is 24.9 Å². The Bertz CT molecular complexity index is 1440. The predicted molar refractivity (Wildman–Crippen MR) is 141 cm³/mol. The first-order valence-electron chi connectivity index (χ1n) is 12.6. The maximum Gasteiger partial charge on any atom is 0.261 e. The number of anilines is 1. The molecule has 1 aromatic carbocycles. The highest BCUT2D eigenvalue weighted by Gasteiger charge is 2.37. The number of nitrogens with one attached hydrogen (secondary N) is 2. The highest BCUT2D eigenvalue weighted by molar-refractivity contribution is 5.95. The van der Waals surface area contributed by atoms with Crippen molar-refractivity contribution in [3.8, 4) is 11.1 Å². The molecule has 9 heteroatoms. The zero-order valence-electron chi connectivity index (χ0n) is 20.6. The van der Waals surface area contributed by atoms with Crippen molar-refractivity contribution in [1.82, 2.24) is 30.0 Å². The van der Waals surface area contributed by atoms with E-state index in [1.807, 2.05) is 30.5 Å². The van der Waals surface area contributed by atoms with Gasteiger partial charge in [-0.15, -0.1) is 0 Å². The number of aromatic nitrogens is 4. The number of aromatic amines is 1. The number of rotatable bonds is 8. The normalized spacial score (nSPS) is 17.7. The average Bonchev–Trinajstić information content (AvgIpc) is 3.44. The number of likely N-dealkylation sites (tertiary alicyclic amines) is 2. The van der Waals surface area contributed by atoms with Gasteiger partial charge in [0, 0.05) is 61.3 Å². The first kappa shape index (κ1) is 23.7. The Morgan fingerprint density at radius 1 is 1.03 bits per heavy atom. The highest BCUT2D eigenvalue weighted by Crippen LogP contribution is 2.31. The third-order valence-electron chi connectivity index (χ3n) is 7.08. The lowest BCUT2D eigenvalue weighted by Gasteiger charge is -2.30. The van der Waals surface area contributed by atoms with Crippen molar-refractivity contribution in [1.29, 1.82) is 0 Å². The van der Waals surface area contributed by atoms with Crippen molar-refractivity contribution in [3.05, 3.63) is 78.5 Å². The fourth-order valence-corrected chi connectivity index (χ4v) is 5.00. The first-order chi connectivity index (χ1) is 17.9. The first-order valence-corrected chi connectivity index (χ1v) is 12.6. The number of pyridine rings is 2. The molecule has 5 heterocycles. The topological polar surface area (TPSA) is 73.0 Å². The van der Waals surface area contributed by atoms with Crippen molar-refractivity contribution in [3.63, 3.8) is 0 Å². The Hall–Kier alpha value is -3.69. The summed E-state index contributed by atoms with van der Waals surface area (Å²) < 4.78 is 27.2. The molecule has 0 atom stereocenters. The molecular formula is C28H29F2N7. The molecular weight excluding hydrogens is 472 g/mol. The Balaban J connectivity index is 1.21. The van der Waals surface area contributed by atoms with Gasteiger partial charge >= 0.3 is 0 Å². The van der Waals surface area contributed by atoms with Crippen LogP contribution in [0.2, 0.25) is 0 Å². The molecule has 2 aliphatic heterocycles. The summed E-state index contributed by atoms with van der Waals surface area (Å²) in [6.45, 7) is 8.00. The van der Waals surface area contributed by atoms with Crippen molar-refractivity contribution >= 4 is 22.3 Å². The van der Waals surface area contributed by atoms with Crippen LogP contribution in [0.4, 0.5) is 14.5 Å². The molecule has 0 radical (unpaired) electrons. The standard InChI is InChI=1S/C28H29F2N7/c1-19(33-23-5-7-32-24(13-23)17-36-8-2-9-36)27-25-12-21(3-4-26(25)34-35-27)22-11-20(14-31-15-22)16-37-10-6-28(29,30)18-37/h3-5,7,11-15H,1-2,6,8-10,16-18H2,(H,32,33)(H,34,35). The molecule has 0 unspecified atom stereocenters. The number of nitrogens with zero attached hydrogens (tertiary/aromatic N) is 5. The Kier molecular flexibility index (Phi) is 6.18. The molecule has 0 spiro atoms. The summed E-state index contributed by atoms with van der Waals surface area (Å²) >= 11 is 0. The van der Waals surface area contributed by atoms with Crippen molar-refractivity contribution in [2.75, 3.05) is 31.5 Å². The summed E-state index contributed by atoms with van der Waals surface area (Å²) in [5.74, 6) is -2.60. The smallest absolute Gasteiger partial charge is 0.261 e. The van der Waals surface area contributed by atoms with Crippen LogP contribution in [0.15, 0.2) is 61.6 Å². The van der Waals surface area contributed by atoms with Gasteiger partial charge in [-0.2, -0.15) is 5.10 Å². The Morgan fingerprint density at radius 2 is 1.92 bits per heavy atom. The van der Waals surface area contributed by atoms with Crippen LogP contribution < -0.4 is 5.32 Å². The quantitative estimate of drug-likeness (QED) is 0.348. The van der Waals surface area contributed by atoms with E-state index >= 15 is 0 Å². The van der Waals surface area contributed by atoms with Crippen LogP contribution in [0.5, 0.6) is 0 Å². The number of halogens is 2. The third-order valence-corrected chi connectivity index (χ3v) is 7.08. The molecule has 2 aliphatic rings. The minimum atomic E-state index is -2.60. The van der Waals surface area contributed by atoms with Crippen LogP contribution in [0.1, 0.15) is 29.8 Å². The van der Waals surface area contributed by atoms with Gasteiger partial charge in [-0.25, -0.2) is 8.78 Å². The molecule has 4 aromatic rings. The van der Waals surface area contributed by atoms with Crippen molar-refractivity contribution in [2.24, 2.45) is 0 Å². The number of fused-ring (bicyclic) bond motifs is 1. The van der Waals surface area contributed by atoms with Crippen LogP contribution in [0.3, 0.4) is 0 Å². The van der Waals surface area contributed by atoms with E-state index in [1.54, 1.807) is 17.3 Å². The fourth-order valence-electron chi connectivity index (χ4n) is 5.00. The maximum absolute atomic E-state index is 13.6. The molecule has 2 fully saturated rings. The van der Waals surface area contributed by atoms with Gasteiger partial charge < -0.3 is 5.32 Å². The summed E-state index contributed by atoms with van der Waals surface area (Å²) in [7, 11) is 0. The average molecular weight is 502 g/mol. The lowest BCUT2D eigenvalue weighted by molar-refractivity contribution is 0.0115. The largest absolute Gasteiger partial charge is 0.354 e. The number of H-pyrrole nitrogens is 1. The molecule has 37 heavy (non-hydrogen) atoms. The van der Waals surface area contributed by atoms with E-state index in [-0.39, 0.29) is 13.0 Å². The summed E-state index contributed by atoms with van der Waals surface area (Å²) in [5, 5.41) is 11.9. The molecule has 0 amide bonds. The lowest BCUT2D eigenvalue weighted by Crippen LogP contribution is -2.36. The minimum absolute atomic E-state index is 0.0861. The molecule has 7 nitrogen and oxygen atoms in total. The van der Waals surface area contributed by atoms with E-state index < -0.39 is 5.92 Å². The predicted octanol–water partition coefficient (Wildman–Crippen LogP) is 5.15. The number of hydrogen-bond donors (Lipinski definition) is 2. The summed E-state index contributed by atoms with van der Waals surface area (Å²) in [4.78, 5) is 13.0. The molecule has 6 rings (SSSR count). The van der Waals surface area contributed by atoms with Crippen LogP contribution in [-0.2, 0) is 13.1 Å². The second kappa shape index (κ2) is 9.64. The van der Waals surface area contributed by atoms with Crippen LogP contribution in [-0.4, -0.2) is 62.1 Å². The van der Waals surface area contributed by atoms with Gasteiger partial charge in [0.05, 0.1) is 23.5 Å². The third kappa shape index (κ3) is 5.23. The minimum Gasteiger partial charge on any atom is -0.354 e. The number of hydrogen-bond acceptors (Lipinski definition) is 6. The lowest BCUT2D eigenvalue weighted by atomic mass is 10.0. The van der Waals surface area contributed by atoms with Gasteiger partial charge in [0.15, 0.2) is 0 Å². The van der Waals surface area contributed by atoms with E-state index in [2.05, 4.69) is 49.1 Å². The summed E-state index contributed by atoms with van der Waals surface area (Å²) in [5.41, 5.74) is 7.10. The van der Waals surface area contributed by atoms with Crippen LogP contribution >= 0.6 is 0 Å². The summed E-state index contributed by atoms with van der Waals surface area (Å²) in [6, 6.07) is 12.1. The highest BCUT2D eigenvalue weighted by atomic mass is 19.3. The zero-order valence-corrected chi connectivity index (χ0v) is 20.6. The zero-order chi connectivity index (χ0) is 25.4. The molecule has 0 saturated carbocycles. The van der Waals surface area contributed by atoms with Crippen LogP contribution in [0.25, 0.3) is 27.7 Å². The van der Waals surface area contributed by atoms with E-state index in [9.17, 15) is 8.78 Å². The molecule has 3 aromatic heterocycles. The molecule has 0 bridgehead atoms. The Morgan fingerprint density at radius 3 is 2.70 bits per heavy atom. The second-order valence-electron chi connectivity index (χ2n) is 10.0. The molecule has 2 saturated heterocycles. The van der Waals surface area contributed by atoms with E-state index in [0.29, 0.717) is 18.8 Å². The van der Waals surface area contributed by atoms with Gasteiger partial charge in [-0.05, 0) is 61.0 Å². The van der Waals surface area contributed by atoms with E-state index in [4.69, 9.17) is 0 Å². The fraction of sp³-hybridized carbons (Fsp3) is 0.321. The maximum atomic E-state index is 13.6. The molecule has 0 aliphatic carbocycles. The van der Waals surface area contributed by atoms with E-state index in [0.717, 1.165) is 64.3 Å². The molecule has 190 valence electrons. The SMILES string of the molecule is C=C(Nc1ccnc(CN2CCC2)c1)c1n[nH]c2ccc(-c3cncc(CN4CCC(F)(F)C4)c3)cc12. The van der Waals surface area contributed by atoms with E-state index in [1.165, 1.54) is 6.42 Å². The summed E-state index contributed by atoms with van der Waals surface area (Å²) in [6.07, 6.45) is 6.53. The van der Waals surface area contributed by atoms with Gasteiger partial charge in [0.1, 0.15) is 5.69 Å². The number of benzene rings is 1. The van der Waals surface area contributed by atoms with Crippen molar-refractivity contribution in [2.45, 2.75) is 31.9 Å². The van der Waals surface area contributed by atoms with Gasteiger partial charge in [0.25, 0.3) is 5.92 Å². The monoisotopic (exact) mass is 501 g/mol. The van der Waals surface area contributed by atoms with Crippen molar-refractivity contribution < 1.29 is 8.78 Å². The Labute approximate surface area is 214 Å². The van der Waals surface area contributed by atoms with Crippen LogP contribution in [0, 0.1) is 0 Å². The molecule has 2 N–H and O–H groups in total. The second-order valence-corrected chi connectivity index (χ2v) is 10.0. The number of alkyl halides is 2. The van der Waals surface area contributed by atoms with Gasteiger partial charge in [0.2, 0.25) is 0 Å². The van der Waals surface area contributed by atoms with Gasteiger partial charge in [-0.1, -0.05) is 12.6 Å².